The molecular weight excluding hydrogens is 336 g/mol. The first-order valence-electron chi connectivity index (χ1n) is 9.46. The summed E-state index contributed by atoms with van der Waals surface area (Å²) in [6.45, 7) is 17.6. The first-order chi connectivity index (χ1) is 11.4. The second-order valence-corrected chi connectivity index (χ2v) is 14.2. The molecule has 2 aliphatic heterocycles. The summed E-state index contributed by atoms with van der Waals surface area (Å²) in [6.07, 6.45) is 2.03. The van der Waals surface area contributed by atoms with Gasteiger partial charge in [0.05, 0.1) is 31.0 Å². The molecule has 0 aromatic rings. The maximum absolute atomic E-state index is 11.5. The van der Waals surface area contributed by atoms with Gasteiger partial charge in [-0.05, 0) is 38.4 Å². The maximum Gasteiger partial charge on any atom is 0.192 e. The molecule has 5 atom stereocenters. The number of hydrogen-bond donors (Lipinski definition) is 0. The third-order valence-corrected chi connectivity index (χ3v) is 10.4. The van der Waals surface area contributed by atoms with Gasteiger partial charge < -0.3 is 23.4 Å². The van der Waals surface area contributed by atoms with Crippen LogP contribution in [0, 0.1) is 5.92 Å². The quantitative estimate of drug-likeness (QED) is 0.553. The molecule has 5 nitrogen and oxygen atoms in total. The van der Waals surface area contributed by atoms with Gasteiger partial charge in [-0.3, -0.25) is 0 Å². The van der Waals surface area contributed by atoms with E-state index in [1.54, 1.807) is 0 Å². The Labute approximate surface area is 153 Å². The molecule has 25 heavy (non-hydrogen) atoms. The lowest BCUT2D eigenvalue weighted by molar-refractivity contribution is -0.258. The van der Waals surface area contributed by atoms with Gasteiger partial charge >= 0.3 is 0 Å². The predicted octanol–water partition coefficient (Wildman–Crippen LogP) is 3.91. The predicted molar refractivity (Wildman–Crippen MR) is 100 cm³/mol. The first-order valence-corrected chi connectivity index (χ1v) is 12.4. The van der Waals surface area contributed by atoms with Crippen LogP contribution in [0.15, 0.2) is 0 Å². The molecule has 2 rings (SSSR count). The number of carbonyl (C=O) groups is 1. The van der Waals surface area contributed by atoms with E-state index in [-0.39, 0.29) is 35.4 Å². The average molecular weight is 373 g/mol. The number of hydrogen-bond acceptors (Lipinski definition) is 5. The van der Waals surface area contributed by atoms with Gasteiger partial charge in [0.2, 0.25) is 0 Å². The van der Waals surface area contributed by atoms with Gasteiger partial charge in [-0.15, -0.1) is 0 Å². The Morgan fingerprint density at radius 2 is 1.88 bits per heavy atom. The van der Waals surface area contributed by atoms with Crippen LogP contribution < -0.4 is 0 Å². The zero-order valence-electron chi connectivity index (χ0n) is 17.1. The van der Waals surface area contributed by atoms with Crippen molar-refractivity contribution in [3.8, 4) is 0 Å². The number of aldehydes is 1. The van der Waals surface area contributed by atoms with Crippen LogP contribution in [0.3, 0.4) is 0 Å². The van der Waals surface area contributed by atoms with E-state index < -0.39 is 14.1 Å². The standard InChI is InChI=1S/C19H36O5Si/c1-13(12-20)17-16(24-25(7,8)18(2,3)4)11-15-14(22-17)9-10-21-19(5,6)23-15/h12-17H,9-11H2,1-8H3/t13-,14+,15+,16-,17-/m0/s1. The summed E-state index contributed by atoms with van der Waals surface area (Å²) in [5.41, 5.74) is 0. The van der Waals surface area contributed by atoms with Gasteiger partial charge in [-0.1, -0.05) is 27.7 Å². The van der Waals surface area contributed by atoms with E-state index in [4.69, 9.17) is 18.6 Å². The smallest absolute Gasteiger partial charge is 0.192 e. The molecule has 2 heterocycles. The highest BCUT2D eigenvalue weighted by atomic mass is 28.4. The van der Waals surface area contributed by atoms with Crippen molar-refractivity contribution in [1.82, 2.24) is 0 Å². The minimum absolute atomic E-state index is 0.0477. The maximum atomic E-state index is 11.5. The van der Waals surface area contributed by atoms with E-state index in [0.717, 1.165) is 19.1 Å². The van der Waals surface area contributed by atoms with Crippen molar-refractivity contribution in [2.75, 3.05) is 6.61 Å². The zero-order valence-corrected chi connectivity index (χ0v) is 18.1. The Bertz CT molecular complexity index is 471. The monoisotopic (exact) mass is 372 g/mol. The summed E-state index contributed by atoms with van der Waals surface area (Å²) >= 11 is 0. The fraction of sp³-hybridized carbons (Fsp3) is 0.947. The van der Waals surface area contributed by atoms with Crippen LogP contribution in [0.1, 0.15) is 54.4 Å². The highest BCUT2D eigenvalue weighted by molar-refractivity contribution is 6.74. The van der Waals surface area contributed by atoms with E-state index in [1.807, 2.05) is 20.8 Å². The molecule has 0 aromatic heterocycles. The van der Waals surface area contributed by atoms with Crippen molar-refractivity contribution >= 4 is 14.6 Å². The van der Waals surface area contributed by atoms with Gasteiger partial charge in [0.1, 0.15) is 6.29 Å². The molecule has 0 aromatic carbocycles. The molecule has 0 spiro atoms. The molecule has 0 aliphatic carbocycles. The number of fused-ring (bicyclic) bond motifs is 1. The minimum atomic E-state index is -1.98. The Morgan fingerprint density at radius 1 is 1.24 bits per heavy atom. The minimum Gasteiger partial charge on any atom is -0.411 e. The summed E-state index contributed by atoms with van der Waals surface area (Å²) in [6, 6.07) is 0. The third-order valence-electron chi connectivity index (χ3n) is 5.85. The molecule has 0 radical (unpaired) electrons. The van der Waals surface area contributed by atoms with Crippen LogP contribution in [-0.2, 0) is 23.4 Å². The summed E-state index contributed by atoms with van der Waals surface area (Å²) in [5, 5.41) is 0.103. The van der Waals surface area contributed by atoms with Gasteiger partial charge in [0.25, 0.3) is 0 Å². The SMILES string of the molecule is C[C@@H](C=O)[C@@H]1O[C@@H]2CCOC(C)(C)O[C@@H]2C[C@@H]1O[Si](C)(C)C(C)(C)C. The van der Waals surface area contributed by atoms with E-state index in [1.165, 1.54) is 0 Å². The first kappa shape index (κ1) is 21.0. The summed E-state index contributed by atoms with van der Waals surface area (Å²) in [4.78, 5) is 11.5. The van der Waals surface area contributed by atoms with Crippen LogP contribution in [-0.4, -0.2) is 51.4 Å². The molecule has 0 saturated carbocycles. The highest BCUT2D eigenvalue weighted by Gasteiger charge is 2.48. The molecule has 0 unspecified atom stereocenters. The van der Waals surface area contributed by atoms with Crippen molar-refractivity contribution < 1.29 is 23.4 Å². The number of ether oxygens (including phenoxy) is 3. The Morgan fingerprint density at radius 3 is 2.44 bits per heavy atom. The molecule has 6 heteroatoms. The fourth-order valence-electron chi connectivity index (χ4n) is 3.30. The molecule has 0 amide bonds. The number of rotatable bonds is 4. The van der Waals surface area contributed by atoms with Crippen molar-refractivity contribution in [1.29, 1.82) is 0 Å². The normalized spacial score (nSPS) is 34.7. The largest absolute Gasteiger partial charge is 0.411 e. The van der Waals surface area contributed by atoms with Gasteiger partial charge in [0.15, 0.2) is 14.1 Å². The highest BCUT2D eigenvalue weighted by Crippen LogP contribution is 2.41. The molecule has 2 saturated heterocycles. The lowest BCUT2D eigenvalue weighted by Gasteiger charge is -2.47. The van der Waals surface area contributed by atoms with Crippen LogP contribution in [0.25, 0.3) is 0 Å². The van der Waals surface area contributed by atoms with Crippen molar-refractivity contribution in [3.05, 3.63) is 0 Å². The molecule has 0 N–H and O–H groups in total. The topological polar surface area (TPSA) is 54.0 Å². The fourth-order valence-corrected chi connectivity index (χ4v) is 4.64. The second-order valence-electron chi connectivity index (χ2n) is 9.48. The Kier molecular flexibility index (Phi) is 6.22. The summed E-state index contributed by atoms with van der Waals surface area (Å²) in [5.74, 6) is -0.819. The van der Waals surface area contributed by atoms with E-state index >= 15 is 0 Å². The van der Waals surface area contributed by atoms with Crippen molar-refractivity contribution in [2.24, 2.45) is 5.92 Å². The molecular formula is C19H36O5Si. The lowest BCUT2D eigenvalue weighted by atomic mass is 9.90. The van der Waals surface area contributed by atoms with Gasteiger partial charge in [-0.25, -0.2) is 0 Å². The molecule has 0 bridgehead atoms. The molecule has 2 fully saturated rings. The second kappa shape index (κ2) is 7.39. The summed E-state index contributed by atoms with van der Waals surface area (Å²) in [7, 11) is -1.98. The lowest BCUT2D eigenvalue weighted by Crippen LogP contribution is -2.56. The van der Waals surface area contributed by atoms with Gasteiger partial charge in [0, 0.05) is 12.3 Å². The van der Waals surface area contributed by atoms with Crippen LogP contribution in [0.4, 0.5) is 0 Å². The van der Waals surface area contributed by atoms with Crippen LogP contribution >= 0.6 is 0 Å². The Hall–Kier alpha value is -0.273. The van der Waals surface area contributed by atoms with Crippen LogP contribution in [0.2, 0.25) is 18.1 Å². The Balaban J connectivity index is 2.23. The van der Waals surface area contributed by atoms with Gasteiger partial charge in [-0.2, -0.15) is 0 Å². The van der Waals surface area contributed by atoms with Crippen molar-refractivity contribution in [2.45, 2.75) is 103 Å². The number of carbonyl (C=O) groups excluding carboxylic acids is 1. The van der Waals surface area contributed by atoms with E-state index in [2.05, 4.69) is 33.9 Å². The molecule has 2 aliphatic rings. The zero-order chi connectivity index (χ0) is 19.0. The van der Waals surface area contributed by atoms with E-state index in [9.17, 15) is 4.79 Å². The average Bonchev–Trinajstić information content (AvgIpc) is 2.60. The molecule has 146 valence electrons. The van der Waals surface area contributed by atoms with Crippen molar-refractivity contribution in [3.63, 3.8) is 0 Å². The van der Waals surface area contributed by atoms with Crippen LogP contribution in [0.5, 0.6) is 0 Å². The summed E-state index contributed by atoms with van der Waals surface area (Å²) < 4.78 is 25.0. The van der Waals surface area contributed by atoms with E-state index in [0.29, 0.717) is 6.61 Å². The third kappa shape index (κ3) is 4.92.